The molecule has 26 heavy (non-hydrogen) atoms. The fourth-order valence-electron chi connectivity index (χ4n) is 2.39. The van der Waals surface area contributed by atoms with Gasteiger partial charge in [-0.3, -0.25) is 14.2 Å². The van der Waals surface area contributed by atoms with E-state index in [2.05, 4.69) is 15.5 Å². The number of hydrogen-bond donors (Lipinski definition) is 1. The van der Waals surface area contributed by atoms with E-state index in [1.165, 1.54) is 12.1 Å². The molecule has 0 bridgehead atoms. The van der Waals surface area contributed by atoms with Gasteiger partial charge in [-0.05, 0) is 24.6 Å². The van der Waals surface area contributed by atoms with Crippen LogP contribution in [0.2, 0.25) is 10.0 Å². The summed E-state index contributed by atoms with van der Waals surface area (Å²) >= 11 is 12.1. The number of carbonyl (C=O) groups excluding carboxylic acids is 1. The summed E-state index contributed by atoms with van der Waals surface area (Å²) in [5.74, 6) is -0.243. The van der Waals surface area contributed by atoms with Gasteiger partial charge in [0.05, 0.1) is 30.0 Å². The maximum atomic E-state index is 13.0. The molecule has 0 atom stereocenters. The molecule has 2 aromatic heterocycles. The Morgan fingerprint density at radius 3 is 2.62 bits per heavy atom. The van der Waals surface area contributed by atoms with Crippen molar-refractivity contribution in [2.45, 2.75) is 26.4 Å². The molecule has 3 rings (SSSR count). The molecule has 0 radical (unpaired) electrons. The van der Waals surface area contributed by atoms with Crippen molar-refractivity contribution in [2.75, 3.05) is 5.32 Å². The average Bonchev–Trinajstić information content (AvgIpc) is 3.11. The number of benzene rings is 1. The first-order chi connectivity index (χ1) is 12.4. The molecule has 3 aromatic rings. The summed E-state index contributed by atoms with van der Waals surface area (Å²) in [4.78, 5) is 12.1. The van der Waals surface area contributed by atoms with Crippen molar-refractivity contribution in [3.8, 4) is 0 Å². The Labute approximate surface area is 159 Å². The second kappa shape index (κ2) is 7.88. The highest BCUT2D eigenvalue weighted by Gasteiger charge is 2.12. The van der Waals surface area contributed by atoms with Crippen molar-refractivity contribution >= 4 is 34.9 Å². The third-order valence-corrected chi connectivity index (χ3v) is 4.47. The second-order valence-electron chi connectivity index (χ2n) is 5.75. The zero-order chi connectivity index (χ0) is 18.7. The summed E-state index contributed by atoms with van der Waals surface area (Å²) < 4.78 is 16.2. The van der Waals surface area contributed by atoms with Crippen LogP contribution in [0.3, 0.4) is 0 Å². The number of nitrogens with zero attached hydrogens (tertiary/aromatic N) is 4. The van der Waals surface area contributed by atoms with Gasteiger partial charge < -0.3 is 5.32 Å². The fraction of sp³-hybridized carbons (Fsp3) is 0.235. The van der Waals surface area contributed by atoms with Crippen molar-refractivity contribution in [3.63, 3.8) is 0 Å². The molecule has 9 heteroatoms. The van der Waals surface area contributed by atoms with Gasteiger partial charge in [0.2, 0.25) is 5.91 Å². The molecule has 6 nitrogen and oxygen atoms in total. The second-order valence-corrected chi connectivity index (χ2v) is 6.56. The van der Waals surface area contributed by atoms with Gasteiger partial charge in [-0.15, -0.1) is 0 Å². The fourth-order valence-corrected chi connectivity index (χ4v) is 2.73. The highest BCUT2D eigenvalue weighted by atomic mass is 35.5. The lowest BCUT2D eigenvalue weighted by Gasteiger charge is -2.05. The molecule has 0 saturated heterocycles. The third-order valence-electron chi connectivity index (χ3n) is 3.83. The minimum Gasteiger partial charge on any atom is -0.308 e. The Morgan fingerprint density at radius 2 is 1.96 bits per heavy atom. The van der Waals surface area contributed by atoms with E-state index in [1.807, 2.05) is 6.92 Å². The number of carbonyl (C=O) groups is 1. The maximum absolute atomic E-state index is 13.0. The van der Waals surface area contributed by atoms with E-state index < -0.39 is 0 Å². The third kappa shape index (κ3) is 4.42. The van der Waals surface area contributed by atoms with E-state index >= 15 is 0 Å². The van der Waals surface area contributed by atoms with E-state index in [1.54, 1.807) is 33.9 Å². The molecule has 136 valence electrons. The highest BCUT2D eigenvalue weighted by molar-refractivity contribution is 6.33. The predicted molar refractivity (Wildman–Crippen MR) is 98.0 cm³/mol. The molecule has 0 aliphatic carbocycles. The van der Waals surface area contributed by atoms with Crippen molar-refractivity contribution in [2.24, 2.45) is 0 Å². The lowest BCUT2D eigenvalue weighted by molar-refractivity contribution is -0.116. The van der Waals surface area contributed by atoms with Gasteiger partial charge in [0.25, 0.3) is 0 Å². The van der Waals surface area contributed by atoms with Gasteiger partial charge in [0.1, 0.15) is 10.8 Å². The molecule has 1 aromatic carbocycles. The first-order valence-corrected chi connectivity index (χ1v) is 8.63. The quantitative estimate of drug-likeness (QED) is 0.687. The Morgan fingerprint density at radius 1 is 1.23 bits per heavy atom. The number of rotatable bonds is 6. The van der Waals surface area contributed by atoms with Crippen LogP contribution in [-0.4, -0.2) is 25.5 Å². The molecule has 0 aliphatic rings. The lowest BCUT2D eigenvalue weighted by atomic mass is 10.2. The van der Waals surface area contributed by atoms with E-state index in [4.69, 9.17) is 23.2 Å². The number of aromatic nitrogens is 4. The standard InChI is InChI=1S/C17H16Cl2FN5O/c1-11-14(18)8-21-25(11)7-6-16(26)22-17-15(19)10-24(23-17)9-12-2-4-13(20)5-3-12/h2-5,8,10H,6-7,9H2,1H3,(H,22,23,26). The minimum absolute atomic E-state index is 0.208. The number of halogens is 3. The lowest BCUT2D eigenvalue weighted by Crippen LogP contribution is -2.16. The molecular formula is C17H16Cl2FN5O. The molecule has 0 aliphatic heterocycles. The van der Waals surface area contributed by atoms with Crippen LogP contribution >= 0.6 is 23.2 Å². The van der Waals surface area contributed by atoms with Gasteiger partial charge in [-0.1, -0.05) is 35.3 Å². The number of hydrogen-bond acceptors (Lipinski definition) is 3. The monoisotopic (exact) mass is 395 g/mol. The SMILES string of the molecule is Cc1c(Cl)cnn1CCC(=O)Nc1nn(Cc2ccc(F)cc2)cc1Cl. The van der Waals surface area contributed by atoms with Crippen LogP contribution in [0.25, 0.3) is 0 Å². The number of aryl methyl sites for hydroxylation is 1. The molecule has 1 amide bonds. The predicted octanol–water partition coefficient (Wildman–Crippen LogP) is 3.91. The average molecular weight is 396 g/mol. The van der Waals surface area contributed by atoms with Crippen molar-refractivity contribution < 1.29 is 9.18 Å². The van der Waals surface area contributed by atoms with Gasteiger partial charge >= 0.3 is 0 Å². The first-order valence-electron chi connectivity index (χ1n) is 7.87. The Balaban J connectivity index is 1.59. The summed E-state index contributed by atoms with van der Waals surface area (Å²) in [6, 6.07) is 6.10. The number of nitrogens with one attached hydrogen (secondary N) is 1. The normalized spacial score (nSPS) is 10.9. The number of anilines is 1. The van der Waals surface area contributed by atoms with Crippen LogP contribution in [-0.2, 0) is 17.9 Å². The van der Waals surface area contributed by atoms with E-state index in [9.17, 15) is 9.18 Å². The molecule has 0 unspecified atom stereocenters. The largest absolute Gasteiger partial charge is 0.308 e. The van der Waals surface area contributed by atoms with Crippen LogP contribution in [0.4, 0.5) is 10.2 Å². The highest BCUT2D eigenvalue weighted by Crippen LogP contribution is 2.20. The summed E-state index contributed by atoms with van der Waals surface area (Å²) in [5.41, 5.74) is 1.68. The zero-order valence-corrected chi connectivity index (χ0v) is 15.4. The summed E-state index contributed by atoms with van der Waals surface area (Å²) in [7, 11) is 0. The van der Waals surface area contributed by atoms with Gasteiger partial charge in [-0.2, -0.15) is 10.2 Å². The first kappa shape index (κ1) is 18.4. The molecular weight excluding hydrogens is 380 g/mol. The van der Waals surface area contributed by atoms with Crippen LogP contribution in [0, 0.1) is 12.7 Å². The van der Waals surface area contributed by atoms with Gasteiger partial charge in [0, 0.05) is 12.6 Å². The van der Waals surface area contributed by atoms with E-state index in [-0.39, 0.29) is 24.0 Å². The Bertz CT molecular complexity index is 920. The van der Waals surface area contributed by atoms with Crippen molar-refractivity contribution in [1.82, 2.24) is 19.6 Å². The molecule has 2 heterocycles. The van der Waals surface area contributed by atoms with Crippen LogP contribution in [0.5, 0.6) is 0 Å². The topological polar surface area (TPSA) is 64.7 Å². The van der Waals surface area contributed by atoms with Crippen molar-refractivity contribution in [1.29, 1.82) is 0 Å². The Hall–Kier alpha value is -2.38. The molecule has 0 saturated carbocycles. The smallest absolute Gasteiger partial charge is 0.227 e. The van der Waals surface area contributed by atoms with E-state index in [0.717, 1.165) is 11.3 Å². The minimum atomic E-state index is -0.297. The molecule has 1 N–H and O–H groups in total. The maximum Gasteiger partial charge on any atom is 0.227 e. The molecule has 0 spiro atoms. The van der Waals surface area contributed by atoms with Crippen molar-refractivity contribution in [3.05, 3.63) is 63.8 Å². The number of amides is 1. The van der Waals surface area contributed by atoms with Crippen LogP contribution in [0.15, 0.2) is 36.7 Å². The molecule has 0 fully saturated rings. The van der Waals surface area contributed by atoms with Gasteiger partial charge in [-0.25, -0.2) is 4.39 Å². The summed E-state index contributed by atoms with van der Waals surface area (Å²) in [5, 5.41) is 11.9. The zero-order valence-electron chi connectivity index (χ0n) is 13.9. The van der Waals surface area contributed by atoms with Crippen LogP contribution in [0.1, 0.15) is 17.7 Å². The van der Waals surface area contributed by atoms with Gasteiger partial charge in [0.15, 0.2) is 5.82 Å². The van der Waals surface area contributed by atoms with E-state index in [0.29, 0.717) is 23.1 Å². The summed E-state index contributed by atoms with van der Waals surface area (Å²) in [6.45, 7) is 2.65. The summed E-state index contributed by atoms with van der Waals surface area (Å²) in [6.07, 6.45) is 3.36. The van der Waals surface area contributed by atoms with Crippen LogP contribution < -0.4 is 5.32 Å². The Kier molecular flexibility index (Phi) is 5.58.